The number of hydrogen-bond acceptors (Lipinski definition) is 5. The lowest BCUT2D eigenvalue weighted by Crippen LogP contribution is -2.42. The van der Waals surface area contributed by atoms with E-state index < -0.39 is 11.8 Å². The molecule has 1 aromatic heterocycles. The second-order valence-corrected chi connectivity index (χ2v) is 12.0. The van der Waals surface area contributed by atoms with Crippen LogP contribution in [-0.2, 0) is 22.7 Å². The molecule has 6 aromatic rings. The standard InChI is InChI=1S/C41H29ClN4O3/c1-27-36(40(47)45(41(48)37(27)23-43)24-30-11-6-8-17-38(30)42)22-32-25-46(33-14-3-2-4-15-33)44-39(32)29-18-20-34(21-19-29)49-26-31-13-9-12-28-10-5-7-16-35(28)31/h2-22,25H,24,26H2,1H3/b36-22+. The van der Waals surface area contributed by atoms with Gasteiger partial charge in [-0.05, 0) is 82.9 Å². The van der Waals surface area contributed by atoms with Crippen molar-refractivity contribution < 1.29 is 14.3 Å². The van der Waals surface area contributed by atoms with Crippen LogP contribution in [0.15, 0.2) is 144 Å². The van der Waals surface area contributed by atoms with Gasteiger partial charge in [0.15, 0.2) is 0 Å². The Kier molecular flexibility index (Phi) is 8.63. The Morgan fingerprint density at radius 3 is 2.29 bits per heavy atom. The molecule has 1 aliphatic rings. The molecule has 2 heterocycles. The highest BCUT2D eigenvalue weighted by Gasteiger charge is 2.36. The lowest BCUT2D eigenvalue weighted by molar-refractivity contribution is -0.141. The molecule has 7 nitrogen and oxygen atoms in total. The monoisotopic (exact) mass is 660 g/mol. The number of benzene rings is 5. The molecular weight excluding hydrogens is 632 g/mol. The van der Waals surface area contributed by atoms with Gasteiger partial charge in [-0.1, -0.05) is 90.5 Å². The van der Waals surface area contributed by atoms with Gasteiger partial charge < -0.3 is 4.74 Å². The van der Waals surface area contributed by atoms with Gasteiger partial charge >= 0.3 is 0 Å². The maximum Gasteiger partial charge on any atom is 0.271 e. The van der Waals surface area contributed by atoms with Crippen LogP contribution in [0.1, 0.15) is 23.6 Å². The summed E-state index contributed by atoms with van der Waals surface area (Å²) >= 11 is 6.38. The van der Waals surface area contributed by atoms with E-state index >= 15 is 0 Å². The van der Waals surface area contributed by atoms with E-state index in [1.54, 1.807) is 41.9 Å². The number of rotatable bonds is 8. The first kappa shape index (κ1) is 31.4. The molecule has 5 aromatic carbocycles. The van der Waals surface area contributed by atoms with Crippen molar-refractivity contribution in [2.24, 2.45) is 0 Å². The lowest BCUT2D eigenvalue weighted by Gasteiger charge is -2.27. The summed E-state index contributed by atoms with van der Waals surface area (Å²) in [6.07, 6.45) is 3.54. The number of aromatic nitrogens is 2. The zero-order chi connectivity index (χ0) is 33.9. The average Bonchev–Trinajstić information content (AvgIpc) is 3.56. The van der Waals surface area contributed by atoms with Gasteiger partial charge in [0, 0.05) is 27.9 Å². The first-order valence-corrected chi connectivity index (χ1v) is 16.1. The van der Waals surface area contributed by atoms with Crippen molar-refractivity contribution in [2.45, 2.75) is 20.1 Å². The van der Waals surface area contributed by atoms with E-state index in [4.69, 9.17) is 21.4 Å². The third-order valence-corrected chi connectivity index (χ3v) is 8.95. The van der Waals surface area contributed by atoms with Crippen LogP contribution >= 0.6 is 11.6 Å². The van der Waals surface area contributed by atoms with Gasteiger partial charge in [-0.25, -0.2) is 4.68 Å². The lowest BCUT2D eigenvalue weighted by atomic mass is 9.93. The summed E-state index contributed by atoms with van der Waals surface area (Å²) in [4.78, 5) is 28.4. The zero-order valence-electron chi connectivity index (χ0n) is 26.5. The molecule has 0 fully saturated rings. The molecule has 238 valence electrons. The molecule has 1 aliphatic heterocycles. The summed E-state index contributed by atoms with van der Waals surface area (Å²) < 4.78 is 7.93. The summed E-state index contributed by atoms with van der Waals surface area (Å²) in [6, 6.07) is 40.7. The number of amides is 2. The predicted molar refractivity (Wildman–Crippen MR) is 191 cm³/mol. The van der Waals surface area contributed by atoms with Crippen LogP contribution in [0.2, 0.25) is 5.02 Å². The van der Waals surface area contributed by atoms with Crippen LogP contribution in [0.25, 0.3) is 33.8 Å². The highest BCUT2D eigenvalue weighted by Crippen LogP contribution is 2.33. The quantitative estimate of drug-likeness (QED) is 0.120. The normalized spacial score (nSPS) is 14.1. The number of nitrogens with zero attached hydrogens (tertiary/aromatic N) is 4. The molecule has 2 amide bonds. The van der Waals surface area contributed by atoms with E-state index in [1.807, 2.05) is 85.1 Å². The van der Waals surface area contributed by atoms with Crippen molar-refractivity contribution in [1.82, 2.24) is 14.7 Å². The number of hydrogen-bond donors (Lipinski definition) is 0. The molecule has 49 heavy (non-hydrogen) atoms. The molecule has 0 bridgehead atoms. The van der Waals surface area contributed by atoms with Crippen molar-refractivity contribution in [2.75, 3.05) is 0 Å². The van der Waals surface area contributed by atoms with Crippen molar-refractivity contribution in [3.8, 4) is 28.8 Å². The number of halogens is 1. The van der Waals surface area contributed by atoms with Crippen LogP contribution in [0.3, 0.4) is 0 Å². The Bertz CT molecular complexity index is 2330. The molecular formula is C41H29ClN4O3. The number of imide groups is 1. The summed E-state index contributed by atoms with van der Waals surface area (Å²) in [5, 5.41) is 17.6. The number of fused-ring (bicyclic) bond motifs is 1. The minimum atomic E-state index is -0.652. The fourth-order valence-electron chi connectivity index (χ4n) is 5.94. The zero-order valence-corrected chi connectivity index (χ0v) is 27.3. The molecule has 0 radical (unpaired) electrons. The third kappa shape index (κ3) is 6.26. The Balaban J connectivity index is 1.25. The molecule has 0 aliphatic carbocycles. The Labute approximate surface area is 288 Å². The van der Waals surface area contributed by atoms with Gasteiger partial charge in [-0.2, -0.15) is 10.4 Å². The van der Waals surface area contributed by atoms with Crippen molar-refractivity contribution >= 4 is 40.3 Å². The minimum absolute atomic E-state index is 0.0660. The molecule has 0 saturated heterocycles. The molecule has 7 rings (SSSR count). The van der Waals surface area contributed by atoms with E-state index in [0.717, 1.165) is 32.5 Å². The fraction of sp³-hybridized carbons (Fsp3) is 0.0732. The average molecular weight is 661 g/mol. The fourth-order valence-corrected chi connectivity index (χ4v) is 6.14. The molecule has 0 unspecified atom stereocenters. The maximum atomic E-state index is 14.0. The van der Waals surface area contributed by atoms with E-state index in [1.165, 1.54) is 0 Å². The Hall–Kier alpha value is -6.23. The van der Waals surface area contributed by atoms with Crippen LogP contribution in [0.4, 0.5) is 0 Å². The van der Waals surface area contributed by atoms with Crippen LogP contribution in [0, 0.1) is 11.3 Å². The summed E-state index contributed by atoms with van der Waals surface area (Å²) in [6.45, 7) is 1.97. The second kappa shape index (κ2) is 13.5. The SMILES string of the molecule is CC1=C(C#N)C(=O)N(Cc2ccccc2Cl)C(=O)/C1=C/c1cn(-c2ccccc2)nc1-c1ccc(OCc2cccc3ccccc23)cc1. The predicted octanol–water partition coefficient (Wildman–Crippen LogP) is 8.72. The third-order valence-electron chi connectivity index (χ3n) is 8.58. The van der Waals surface area contributed by atoms with Crippen LogP contribution in [-0.4, -0.2) is 26.5 Å². The molecule has 0 spiro atoms. The van der Waals surface area contributed by atoms with Crippen LogP contribution < -0.4 is 4.74 Å². The molecule has 0 N–H and O–H groups in total. The largest absolute Gasteiger partial charge is 0.489 e. The van der Waals surface area contributed by atoms with E-state index in [0.29, 0.717) is 39.8 Å². The second-order valence-electron chi connectivity index (χ2n) is 11.6. The van der Waals surface area contributed by atoms with Gasteiger partial charge in [0.1, 0.15) is 24.0 Å². The first-order valence-electron chi connectivity index (χ1n) is 15.7. The molecule has 0 saturated carbocycles. The highest BCUT2D eigenvalue weighted by molar-refractivity contribution is 6.31. The van der Waals surface area contributed by atoms with Gasteiger partial charge in [0.2, 0.25) is 0 Å². The molecule has 8 heteroatoms. The van der Waals surface area contributed by atoms with Gasteiger partial charge in [-0.15, -0.1) is 0 Å². The van der Waals surface area contributed by atoms with Gasteiger partial charge in [-0.3, -0.25) is 14.5 Å². The first-order chi connectivity index (χ1) is 23.9. The highest BCUT2D eigenvalue weighted by atomic mass is 35.5. The summed E-state index contributed by atoms with van der Waals surface area (Å²) in [7, 11) is 0. The van der Waals surface area contributed by atoms with Crippen LogP contribution in [0.5, 0.6) is 5.75 Å². The Morgan fingerprint density at radius 1 is 0.816 bits per heavy atom. The number of carbonyl (C=O) groups is 2. The van der Waals surface area contributed by atoms with Gasteiger partial charge in [0.25, 0.3) is 11.8 Å². The smallest absolute Gasteiger partial charge is 0.271 e. The maximum absolute atomic E-state index is 14.0. The van der Waals surface area contributed by atoms with E-state index in [-0.39, 0.29) is 17.7 Å². The van der Waals surface area contributed by atoms with Crippen molar-refractivity contribution in [3.63, 3.8) is 0 Å². The number of para-hydroxylation sites is 1. The van der Waals surface area contributed by atoms with E-state index in [2.05, 4.69) is 24.3 Å². The molecule has 0 atom stereocenters. The summed E-state index contributed by atoms with van der Waals surface area (Å²) in [5.74, 6) is -0.467. The summed E-state index contributed by atoms with van der Waals surface area (Å²) in [5.41, 5.74) is 5.02. The van der Waals surface area contributed by atoms with Gasteiger partial charge in [0.05, 0.1) is 17.9 Å². The van der Waals surface area contributed by atoms with E-state index in [9.17, 15) is 14.9 Å². The minimum Gasteiger partial charge on any atom is -0.489 e. The Morgan fingerprint density at radius 2 is 1.51 bits per heavy atom. The number of nitriles is 1. The topological polar surface area (TPSA) is 88.2 Å². The van der Waals surface area contributed by atoms with Crippen molar-refractivity contribution in [3.05, 3.63) is 166 Å². The number of ether oxygens (including phenoxy) is 1. The van der Waals surface area contributed by atoms with Crippen molar-refractivity contribution in [1.29, 1.82) is 5.26 Å². The number of carbonyl (C=O) groups excluding carboxylic acids is 2.